The number of fused-ring (bicyclic) bond motifs is 3. The van der Waals surface area contributed by atoms with E-state index in [4.69, 9.17) is 16.3 Å². The van der Waals surface area contributed by atoms with Gasteiger partial charge in [0.15, 0.2) is 10.8 Å². The quantitative estimate of drug-likeness (QED) is 0.482. The Bertz CT molecular complexity index is 1180. The van der Waals surface area contributed by atoms with Crippen molar-refractivity contribution in [3.05, 3.63) is 59.6 Å². The maximum atomic E-state index is 12.6. The first kappa shape index (κ1) is 18.6. The summed E-state index contributed by atoms with van der Waals surface area (Å²) in [5.41, 5.74) is 2.36. The van der Waals surface area contributed by atoms with Gasteiger partial charge in [-0.15, -0.1) is 10.2 Å². The van der Waals surface area contributed by atoms with Gasteiger partial charge in [-0.2, -0.15) is 0 Å². The second-order valence-electron chi connectivity index (χ2n) is 6.17. The van der Waals surface area contributed by atoms with Gasteiger partial charge in [0.25, 0.3) is 0 Å². The molecule has 0 aliphatic carbocycles. The predicted molar refractivity (Wildman–Crippen MR) is 112 cm³/mol. The molecule has 142 valence electrons. The van der Waals surface area contributed by atoms with Crippen molar-refractivity contribution in [3.63, 3.8) is 0 Å². The minimum atomic E-state index is -0.382. The van der Waals surface area contributed by atoms with Crippen LogP contribution in [0.15, 0.2) is 59.8 Å². The molecule has 0 aliphatic rings. The number of hydrogen-bond donors (Lipinski definition) is 1. The van der Waals surface area contributed by atoms with Gasteiger partial charge in [-0.1, -0.05) is 41.6 Å². The first-order valence-electron chi connectivity index (χ1n) is 8.61. The van der Waals surface area contributed by atoms with Crippen LogP contribution in [0.1, 0.15) is 6.92 Å². The fraction of sp³-hybridized carbons (Fsp3) is 0.150. The number of carbonyl (C=O) groups excluding carboxylic acids is 1. The van der Waals surface area contributed by atoms with E-state index < -0.39 is 0 Å². The lowest BCUT2D eigenvalue weighted by Crippen LogP contribution is -2.22. The zero-order valence-electron chi connectivity index (χ0n) is 15.2. The van der Waals surface area contributed by atoms with E-state index in [2.05, 4.69) is 15.5 Å². The number of carbonyl (C=O) groups is 1. The van der Waals surface area contributed by atoms with E-state index in [1.807, 2.05) is 47.7 Å². The Morgan fingerprint density at radius 1 is 1.18 bits per heavy atom. The molecule has 2 heterocycles. The van der Waals surface area contributed by atoms with Crippen LogP contribution in [0.2, 0.25) is 5.02 Å². The van der Waals surface area contributed by atoms with Crippen molar-refractivity contribution in [2.24, 2.45) is 0 Å². The van der Waals surface area contributed by atoms with Crippen LogP contribution in [0, 0.1) is 0 Å². The number of hydrogen-bond acceptors (Lipinski definition) is 5. The minimum Gasteiger partial charge on any atom is -0.495 e. The number of nitrogens with one attached hydrogen (secondary N) is 1. The van der Waals surface area contributed by atoms with Gasteiger partial charge in [-0.25, -0.2) is 0 Å². The van der Waals surface area contributed by atoms with Crippen molar-refractivity contribution in [1.82, 2.24) is 14.6 Å². The molecular formula is C20H17ClN4O2S. The van der Waals surface area contributed by atoms with E-state index in [1.54, 1.807) is 25.3 Å². The molecule has 1 N–H and O–H groups in total. The third-order valence-electron chi connectivity index (χ3n) is 4.32. The van der Waals surface area contributed by atoms with Crippen LogP contribution in [0.4, 0.5) is 5.69 Å². The van der Waals surface area contributed by atoms with E-state index in [-0.39, 0.29) is 11.2 Å². The Morgan fingerprint density at radius 2 is 2.00 bits per heavy atom. The van der Waals surface area contributed by atoms with Crippen molar-refractivity contribution < 1.29 is 9.53 Å². The highest BCUT2D eigenvalue weighted by Crippen LogP contribution is 2.29. The minimum absolute atomic E-state index is 0.150. The molecule has 1 amide bonds. The molecule has 0 unspecified atom stereocenters. The molecule has 0 saturated heterocycles. The van der Waals surface area contributed by atoms with Crippen molar-refractivity contribution in [3.8, 4) is 5.75 Å². The number of aromatic nitrogens is 3. The van der Waals surface area contributed by atoms with Crippen LogP contribution >= 0.6 is 23.4 Å². The van der Waals surface area contributed by atoms with Gasteiger partial charge in [0.2, 0.25) is 5.91 Å². The third-order valence-corrected chi connectivity index (χ3v) is 5.66. The number of methoxy groups -OCH3 is 1. The molecule has 2 aromatic heterocycles. The molecule has 0 aliphatic heterocycles. The summed E-state index contributed by atoms with van der Waals surface area (Å²) < 4.78 is 7.10. The van der Waals surface area contributed by atoms with E-state index in [1.165, 1.54) is 11.8 Å². The maximum Gasteiger partial charge on any atom is 0.237 e. The lowest BCUT2D eigenvalue weighted by molar-refractivity contribution is -0.115. The zero-order chi connectivity index (χ0) is 19.7. The van der Waals surface area contributed by atoms with Gasteiger partial charge in [0.05, 0.1) is 22.9 Å². The highest BCUT2D eigenvalue weighted by Gasteiger charge is 2.19. The van der Waals surface area contributed by atoms with Crippen molar-refractivity contribution >= 4 is 51.5 Å². The number of nitrogens with zero attached hydrogens (tertiary/aromatic N) is 3. The Labute approximate surface area is 170 Å². The molecule has 4 rings (SSSR count). The number of para-hydroxylation sites is 1. The third kappa shape index (κ3) is 3.50. The lowest BCUT2D eigenvalue weighted by Gasteiger charge is -2.12. The number of halogens is 1. The van der Waals surface area contributed by atoms with Crippen molar-refractivity contribution in [2.75, 3.05) is 12.4 Å². The second-order valence-corrected chi connectivity index (χ2v) is 7.88. The van der Waals surface area contributed by atoms with E-state index in [9.17, 15) is 4.79 Å². The number of benzene rings is 2. The molecule has 0 spiro atoms. The Hall–Kier alpha value is -2.77. The molecule has 0 radical (unpaired) electrons. The number of pyridine rings is 1. The topological polar surface area (TPSA) is 68.5 Å². The smallest absolute Gasteiger partial charge is 0.237 e. The number of thioether (sulfide) groups is 1. The van der Waals surface area contributed by atoms with E-state index in [0.29, 0.717) is 21.6 Å². The summed E-state index contributed by atoms with van der Waals surface area (Å²) in [6.07, 6.45) is 0. The Balaban J connectivity index is 1.56. The lowest BCUT2D eigenvalue weighted by atomic mass is 10.2. The molecule has 0 fully saturated rings. The van der Waals surface area contributed by atoms with Crippen LogP contribution < -0.4 is 10.1 Å². The Kier molecular flexibility index (Phi) is 5.11. The summed E-state index contributed by atoms with van der Waals surface area (Å²) in [4.78, 5) is 12.6. The second kappa shape index (κ2) is 7.69. The summed E-state index contributed by atoms with van der Waals surface area (Å²) in [5, 5.41) is 13.2. The number of amides is 1. The summed E-state index contributed by atoms with van der Waals surface area (Å²) in [6.45, 7) is 1.83. The van der Waals surface area contributed by atoms with Crippen LogP contribution in [-0.2, 0) is 4.79 Å². The van der Waals surface area contributed by atoms with Gasteiger partial charge < -0.3 is 10.1 Å². The molecule has 2 aromatic carbocycles. The summed E-state index contributed by atoms with van der Waals surface area (Å²) in [7, 11) is 1.55. The van der Waals surface area contributed by atoms with Gasteiger partial charge in [0.1, 0.15) is 5.75 Å². The van der Waals surface area contributed by atoms with Crippen LogP contribution in [-0.4, -0.2) is 32.9 Å². The molecular weight excluding hydrogens is 396 g/mol. The largest absolute Gasteiger partial charge is 0.495 e. The maximum absolute atomic E-state index is 12.6. The number of rotatable bonds is 5. The predicted octanol–water partition coefficient (Wildman–Crippen LogP) is 4.66. The fourth-order valence-corrected chi connectivity index (χ4v) is 4.01. The first-order chi connectivity index (χ1) is 13.6. The average Bonchev–Trinajstić information content (AvgIpc) is 3.11. The summed E-state index contributed by atoms with van der Waals surface area (Å²) in [5.74, 6) is 0.409. The molecule has 4 aromatic rings. The molecule has 0 saturated carbocycles. The highest BCUT2D eigenvalue weighted by molar-refractivity contribution is 8.00. The SMILES string of the molecule is COc1ccc(NC(=O)[C@H](C)Sc2nnc3ccc4ccccc4n23)cc1Cl. The zero-order valence-corrected chi connectivity index (χ0v) is 16.8. The fourth-order valence-electron chi connectivity index (χ4n) is 2.89. The summed E-state index contributed by atoms with van der Waals surface area (Å²) in [6, 6.07) is 17.1. The number of anilines is 1. The van der Waals surface area contributed by atoms with Gasteiger partial charge >= 0.3 is 0 Å². The van der Waals surface area contributed by atoms with Crippen LogP contribution in [0.3, 0.4) is 0 Å². The standard InChI is InChI=1S/C20H17ClN4O2S/c1-12(19(26)22-14-8-9-17(27-2)15(21)11-14)28-20-24-23-18-10-7-13-5-3-4-6-16(13)25(18)20/h3-12H,1-2H3,(H,22,26)/t12-/m0/s1. The molecule has 0 bridgehead atoms. The van der Waals surface area contributed by atoms with Gasteiger partial charge in [-0.3, -0.25) is 9.20 Å². The molecule has 6 nitrogen and oxygen atoms in total. The van der Waals surface area contributed by atoms with E-state index >= 15 is 0 Å². The molecule has 8 heteroatoms. The summed E-state index contributed by atoms with van der Waals surface area (Å²) >= 11 is 7.48. The van der Waals surface area contributed by atoms with Crippen molar-refractivity contribution in [1.29, 1.82) is 0 Å². The molecule has 28 heavy (non-hydrogen) atoms. The normalized spacial score (nSPS) is 12.2. The van der Waals surface area contributed by atoms with Crippen molar-refractivity contribution in [2.45, 2.75) is 17.3 Å². The van der Waals surface area contributed by atoms with Crippen LogP contribution in [0.25, 0.3) is 16.6 Å². The number of ether oxygens (including phenoxy) is 1. The van der Waals surface area contributed by atoms with E-state index in [0.717, 1.165) is 16.6 Å². The van der Waals surface area contributed by atoms with Crippen LogP contribution in [0.5, 0.6) is 5.75 Å². The highest BCUT2D eigenvalue weighted by atomic mass is 35.5. The average molecular weight is 413 g/mol. The monoisotopic (exact) mass is 412 g/mol. The molecule has 1 atom stereocenters. The van der Waals surface area contributed by atoms with Gasteiger partial charge in [-0.05, 0) is 48.7 Å². The first-order valence-corrected chi connectivity index (χ1v) is 9.86. The van der Waals surface area contributed by atoms with Gasteiger partial charge in [0, 0.05) is 5.69 Å². The Morgan fingerprint density at radius 3 is 2.79 bits per heavy atom.